The Balaban J connectivity index is 1.87. The van der Waals surface area contributed by atoms with Crippen LogP contribution in [-0.2, 0) is 23.2 Å². The van der Waals surface area contributed by atoms with Crippen LogP contribution in [0.2, 0.25) is 0 Å². The van der Waals surface area contributed by atoms with Crippen molar-refractivity contribution in [3.63, 3.8) is 0 Å². The van der Waals surface area contributed by atoms with Gasteiger partial charge in [-0.1, -0.05) is 12.1 Å². The molecule has 0 unspecified atom stereocenters. The number of aryl methyl sites for hydroxylation is 1. The van der Waals surface area contributed by atoms with Gasteiger partial charge in [0.25, 0.3) is 5.56 Å². The fourth-order valence-electron chi connectivity index (χ4n) is 2.81. The van der Waals surface area contributed by atoms with Crippen molar-refractivity contribution in [3.05, 3.63) is 91.8 Å². The van der Waals surface area contributed by atoms with E-state index < -0.39 is 27.2 Å². The van der Waals surface area contributed by atoms with Crippen LogP contribution in [0.25, 0.3) is 0 Å². The number of nitrogens with two attached hydrogens (primary N) is 1. The number of aromatic nitrogens is 1. The highest BCUT2D eigenvalue weighted by Gasteiger charge is 2.15. The highest BCUT2D eigenvalue weighted by molar-refractivity contribution is 9.10. The van der Waals surface area contributed by atoms with E-state index in [1.165, 1.54) is 22.8 Å². The Labute approximate surface area is 180 Å². The summed E-state index contributed by atoms with van der Waals surface area (Å²) in [5, 5.41) is 5.16. The molecule has 0 spiro atoms. The Bertz CT molecular complexity index is 1280. The van der Waals surface area contributed by atoms with Gasteiger partial charge in [-0.15, -0.1) is 0 Å². The minimum Gasteiger partial charge on any atom is -0.487 e. The van der Waals surface area contributed by atoms with Crippen LogP contribution in [0.4, 0.5) is 8.78 Å². The van der Waals surface area contributed by atoms with E-state index >= 15 is 0 Å². The van der Waals surface area contributed by atoms with Crippen LogP contribution in [0.5, 0.6) is 5.75 Å². The average molecular weight is 499 g/mol. The first-order chi connectivity index (χ1) is 14.1. The van der Waals surface area contributed by atoms with Gasteiger partial charge in [-0.3, -0.25) is 4.79 Å². The van der Waals surface area contributed by atoms with Gasteiger partial charge >= 0.3 is 0 Å². The minimum atomic E-state index is -3.86. The molecule has 158 valence electrons. The molecule has 30 heavy (non-hydrogen) atoms. The molecule has 0 saturated carbocycles. The van der Waals surface area contributed by atoms with Crippen molar-refractivity contribution in [2.45, 2.75) is 25.0 Å². The standard InChI is InChI=1S/C20H17BrF2N2O4S/c1-12-7-18(29-11-14-5-6-15(22)9-17(14)23)19(21)20(26)25(12)10-13-3-2-4-16(8-13)30(24,27)28/h2-9H,10-11H2,1H3,(H2,24,27,28). The van der Waals surface area contributed by atoms with Crippen molar-refractivity contribution in [3.8, 4) is 5.75 Å². The molecule has 0 saturated heterocycles. The highest BCUT2D eigenvalue weighted by Crippen LogP contribution is 2.24. The number of halogens is 3. The number of primary sulfonamides is 1. The Morgan fingerprint density at radius 2 is 1.87 bits per heavy atom. The van der Waals surface area contributed by atoms with Crippen molar-refractivity contribution >= 4 is 26.0 Å². The number of sulfonamides is 1. The lowest BCUT2D eigenvalue weighted by Crippen LogP contribution is -2.24. The van der Waals surface area contributed by atoms with E-state index in [4.69, 9.17) is 9.88 Å². The fraction of sp³-hybridized carbons (Fsp3) is 0.150. The summed E-state index contributed by atoms with van der Waals surface area (Å²) in [6.45, 7) is 1.60. The molecule has 10 heteroatoms. The van der Waals surface area contributed by atoms with E-state index in [1.807, 2.05) is 0 Å². The van der Waals surface area contributed by atoms with E-state index in [-0.39, 0.29) is 33.8 Å². The van der Waals surface area contributed by atoms with Crippen molar-refractivity contribution < 1.29 is 21.9 Å². The SMILES string of the molecule is Cc1cc(OCc2ccc(F)cc2F)c(Br)c(=O)n1Cc1cccc(S(N)(=O)=O)c1. The van der Waals surface area contributed by atoms with E-state index in [0.29, 0.717) is 11.3 Å². The summed E-state index contributed by atoms with van der Waals surface area (Å²) < 4.78 is 57.0. The first-order valence-electron chi connectivity index (χ1n) is 8.64. The third-order valence-electron chi connectivity index (χ3n) is 4.38. The summed E-state index contributed by atoms with van der Waals surface area (Å²) in [5.74, 6) is -1.23. The zero-order valence-corrected chi connectivity index (χ0v) is 18.1. The Morgan fingerprint density at radius 3 is 2.53 bits per heavy atom. The molecule has 0 amide bonds. The van der Waals surface area contributed by atoms with Crippen LogP contribution >= 0.6 is 15.9 Å². The number of rotatable bonds is 6. The molecule has 2 N–H and O–H groups in total. The second-order valence-corrected chi connectivity index (χ2v) is 8.93. The summed E-state index contributed by atoms with van der Waals surface area (Å²) >= 11 is 3.20. The van der Waals surface area contributed by atoms with Crippen LogP contribution in [0.1, 0.15) is 16.8 Å². The first-order valence-corrected chi connectivity index (χ1v) is 11.0. The molecule has 1 aromatic heterocycles. The maximum absolute atomic E-state index is 13.8. The molecule has 0 radical (unpaired) electrons. The van der Waals surface area contributed by atoms with Gasteiger partial charge < -0.3 is 9.30 Å². The number of ether oxygens (including phenoxy) is 1. The lowest BCUT2D eigenvalue weighted by atomic mass is 10.2. The predicted octanol–water partition coefficient (Wildman–Crippen LogP) is 3.47. The minimum absolute atomic E-state index is 0.0500. The third kappa shape index (κ3) is 4.94. The molecule has 1 heterocycles. The monoisotopic (exact) mass is 498 g/mol. The van der Waals surface area contributed by atoms with Crippen molar-refractivity contribution in [1.29, 1.82) is 0 Å². The number of benzene rings is 2. The molecule has 0 fully saturated rings. The van der Waals surface area contributed by atoms with Gasteiger partial charge in [0.1, 0.15) is 28.5 Å². The normalized spacial score (nSPS) is 11.5. The summed E-state index contributed by atoms with van der Waals surface area (Å²) in [6, 6.07) is 10.7. The van der Waals surface area contributed by atoms with Crippen LogP contribution < -0.4 is 15.4 Å². The largest absolute Gasteiger partial charge is 0.487 e. The molecule has 0 aliphatic rings. The molecule has 0 aliphatic carbocycles. The van der Waals surface area contributed by atoms with Gasteiger partial charge in [0.15, 0.2) is 0 Å². The van der Waals surface area contributed by atoms with Gasteiger partial charge in [0, 0.05) is 23.4 Å². The number of pyridine rings is 1. The maximum Gasteiger partial charge on any atom is 0.269 e. The number of hydrogen-bond donors (Lipinski definition) is 1. The molecule has 0 bridgehead atoms. The predicted molar refractivity (Wildman–Crippen MR) is 111 cm³/mol. The molecule has 2 aromatic carbocycles. The van der Waals surface area contributed by atoms with Crippen LogP contribution in [0, 0.1) is 18.6 Å². The zero-order valence-electron chi connectivity index (χ0n) is 15.7. The summed E-state index contributed by atoms with van der Waals surface area (Å²) in [4.78, 5) is 12.7. The van der Waals surface area contributed by atoms with E-state index in [1.54, 1.807) is 25.1 Å². The van der Waals surface area contributed by atoms with Gasteiger partial charge in [0.05, 0.1) is 11.4 Å². The average Bonchev–Trinajstić information content (AvgIpc) is 2.67. The quantitative estimate of drug-likeness (QED) is 0.563. The molecule has 3 aromatic rings. The molecule has 0 atom stereocenters. The first kappa shape index (κ1) is 22.1. The molecular weight excluding hydrogens is 482 g/mol. The zero-order chi connectivity index (χ0) is 22.1. The van der Waals surface area contributed by atoms with Crippen molar-refractivity contribution in [2.24, 2.45) is 5.14 Å². The van der Waals surface area contributed by atoms with Gasteiger partial charge in [-0.2, -0.15) is 0 Å². The maximum atomic E-state index is 13.8. The Kier molecular flexibility index (Phi) is 6.39. The second kappa shape index (κ2) is 8.66. The highest BCUT2D eigenvalue weighted by atomic mass is 79.9. The Hall–Kier alpha value is -2.56. The van der Waals surface area contributed by atoms with Crippen LogP contribution in [-0.4, -0.2) is 13.0 Å². The number of hydrogen-bond acceptors (Lipinski definition) is 4. The fourth-order valence-corrected chi connectivity index (χ4v) is 3.84. The lowest BCUT2D eigenvalue weighted by molar-refractivity contribution is 0.296. The smallest absolute Gasteiger partial charge is 0.269 e. The van der Waals surface area contributed by atoms with E-state index in [9.17, 15) is 22.0 Å². The molecule has 3 rings (SSSR count). The van der Waals surface area contributed by atoms with Gasteiger partial charge in [0.2, 0.25) is 10.0 Å². The Morgan fingerprint density at radius 1 is 1.13 bits per heavy atom. The van der Waals surface area contributed by atoms with Crippen LogP contribution in [0.3, 0.4) is 0 Å². The van der Waals surface area contributed by atoms with Crippen LogP contribution in [0.15, 0.2) is 62.7 Å². The molecule has 0 aliphatic heterocycles. The molecule has 6 nitrogen and oxygen atoms in total. The lowest BCUT2D eigenvalue weighted by Gasteiger charge is -2.15. The molecular formula is C20H17BrF2N2O4S. The van der Waals surface area contributed by atoms with Gasteiger partial charge in [-0.05, 0) is 52.7 Å². The summed E-state index contributed by atoms with van der Waals surface area (Å²) in [5.41, 5.74) is 0.843. The third-order valence-corrected chi connectivity index (χ3v) is 6.02. The summed E-state index contributed by atoms with van der Waals surface area (Å²) in [6.07, 6.45) is 0. The van der Waals surface area contributed by atoms with Crippen molar-refractivity contribution in [2.75, 3.05) is 0 Å². The summed E-state index contributed by atoms with van der Waals surface area (Å²) in [7, 11) is -3.86. The van der Waals surface area contributed by atoms with E-state index in [2.05, 4.69) is 15.9 Å². The second-order valence-electron chi connectivity index (χ2n) is 6.57. The van der Waals surface area contributed by atoms with Gasteiger partial charge in [-0.25, -0.2) is 22.3 Å². The topological polar surface area (TPSA) is 91.4 Å². The van der Waals surface area contributed by atoms with E-state index in [0.717, 1.165) is 12.1 Å². The van der Waals surface area contributed by atoms with Crippen molar-refractivity contribution in [1.82, 2.24) is 4.57 Å². The number of nitrogens with zero attached hydrogens (tertiary/aromatic N) is 1.